The molecule has 0 aromatic heterocycles. The summed E-state index contributed by atoms with van der Waals surface area (Å²) in [7, 11) is 0. The van der Waals surface area contributed by atoms with Crippen LogP contribution in [-0.4, -0.2) is 35.3 Å². The lowest BCUT2D eigenvalue weighted by Crippen LogP contribution is -2.53. The lowest BCUT2D eigenvalue weighted by molar-refractivity contribution is -0.159. The molecular formula is C16H29N4O4-. The van der Waals surface area contributed by atoms with Crippen LogP contribution in [0.2, 0.25) is 0 Å². The third kappa shape index (κ3) is 6.72. The van der Waals surface area contributed by atoms with Crippen LogP contribution in [0.4, 0.5) is 4.79 Å². The third-order valence-corrected chi connectivity index (χ3v) is 3.55. The molecule has 138 valence electrons. The van der Waals surface area contributed by atoms with Gasteiger partial charge in [0.25, 0.3) is 0 Å². The fourth-order valence-electron chi connectivity index (χ4n) is 2.76. The van der Waals surface area contributed by atoms with E-state index >= 15 is 0 Å². The van der Waals surface area contributed by atoms with Crippen LogP contribution in [-0.2, 0) is 14.3 Å². The Morgan fingerprint density at radius 2 is 1.67 bits per heavy atom. The van der Waals surface area contributed by atoms with Gasteiger partial charge < -0.3 is 25.7 Å². The number of ether oxygens (including phenoxy) is 2. The van der Waals surface area contributed by atoms with Crippen molar-refractivity contribution in [1.29, 1.82) is 0 Å². The summed E-state index contributed by atoms with van der Waals surface area (Å²) in [5, 5.41) is 5.60. The standard InChI is InChI=1S/C16H29N4O4/c1-15(2,3)23-13(21)12(18-14(22)24-16(4,5)6)10-8-7-9-11(10)19-20-17/h10-12H,7-9H2,1-6H3,(H2-,17,18,19,22)/q-1/t10-,11+,12-/m0/s1. The Morgan fingerprint density at radius 1 is 1.08 bits per heavy atom. The maximum Gasteiger partial charge on any atom is 0.408 e. The van der Waals surface area contributed by atoms with Gasteiger partial charge in [0.2, 0.25) is 0 Å². The fraction of sp³-hybridized carbons (Fsp3) is 0.875. The summed E-state index contributed by atoms with van der Waals surface area (Å²) in [5.74, 6) is -0.770. The number of nitrogens with one attached hydrogen (secondary N) is 2. The minimum Gasteiger partial charge on any atom is -0.458 e. The van der Waals surface area contributed by atoms with Crippen LogP contribution in [0.3, 0.4) is 0 Å². The van der Waals surface area contributed by atoms with Gasteiger partial charge in [0.05, 0.1) is 0 Å². The Balaban J connectivity index is 2.92. The first-order valence-corrected chi connectivity index (χ1v) is 8.25. The lowest BCUT2D eigenvalue weighted by Gasteiger charge is -2.33. The van der Waals surface area contributed by atoms with E-state index < -0.39 is 29.3 Å². The number of hydrogen-bond acceptors (Lipinski definition) is 5. The second-order valence-electron chi connectivity index (χ2n) is 8.09. The van der Waals surface area contributed by atoms with Crippen molar-refractivity contribution in [3.05, 3.63) is 5.53 Å². The molecule has 3 atom stereocenters. The van der Waals surface area contributed by atoms with Crippen LogP contribution in [0.5, 0.6) is 0 Å². The molecule has 1 fully saturated rings. The van der Waals surface area contributed by atoms with Gasteiger partial charge in [0.15, 0.2) is 0 Å². The summed E-state index contributed by atoms with van der Waals surface area (Å²) in [6, 6.07) is -1.09. The molecule has 1 rings (SSSR count). The Bertz CT molecular complexity index is 468. The lowest BCUT2D eigenvalue weighted by atomic mass is 9.94. The Kier molecular flexibility index (Phi) is 6.57. The monoisotopic (exact) mass is 341 g/mol. The van der Waals surface area contributed by atoms with Gasteiger partial charge in [-0.25, -0.2) is 9.59 Å². The molecule has 0 saturated heterocycles. The molecule has 24 heavy (non-hydrogen) atoms. The molecule has 0 aliphatic heterocycles. The highest BCUT2D eigenvalue weighted by Gasteiger charge is 2.39. The van der Waals surface area contributed by atoms with Crippen molar-refractivity contribution < 1.29 is 19.1 Å². The van der Waals surface area contributed by atoms with E-state index in [1.807, 2.05) is 0 Å². The van der Waals surface area contributed by atoms with E-state index in [0.29, 0.717) is 6.42 Å². The largest absolute Gasteiger partial charge is 0.458 e. The van der Waals surface area contributed by atoms with E-state index in [1.165, 1.54) is 0 Å². The van der Waals surface area contributed by atoms with E-state index in [-0.39, 0.29) is 12.0 Å². The summed E-state index contributed by atoms with van der Waals surface area (Å²) < 4.78 is 10.7. The van der Waals surface area contributed by atoms with Gasteiger partial charge in [-0.15, -0.1) is 0 Å². The summed E-state index contributed by atoms with van der Waals surface area (Å²) in [6.07, 6.45) is 1.62. The summed E-state index contributed by atoms with van der Waals surface area (Å²) in [6.45, 7) is 10.5. The van der Waals surface area contributed by atoms with Crippen LogP contribution in [0, 0.1) is 5.92 Å². The Labute approximate surface area is 143 Å². The van der Waals surface area contributed by atoms with Crippen LogP contribution in [0.15, 0.2) is 5.22 Å². The van der Waals surface area contributed by atoms with Crippen molar-refractivity contribution in [3.63, 3.8) is 0 Å². The maximum atomic E-state index is 12.6. The smallest absolute Gasteiger partial charge is 0.408 e. The average molecular weight is 341 g/mol. The highest BCUT2D eigenvalue weighted by Crippen LogP contribution is 2.30. The Morgan fingerprint density at radius 3 is 2.17 bits per heavy atom. The number of esters is 1. The van der Waals surface area contributed by atoms with E-state index in [9.17, 15) is 9.59 Å². The molecule has 0 aromatic rings. The van der Waals surface area contributed by atoms with Crippen molar-refractivity contribution in [1.82, 2.24) is 10.7 Å². The van der Waals surface area contributed by atoms with Crippen molar-refractivity contribution in [2.75, 3.05) is 0 Å². The minimum absolute atomic E-state index is 0.220. The Hall–Kier alpha value is -1.86. The molecule has 1 aliphatic carbocycles. The maximum absolute atomic E-state index is 12.6. The fourth-order valence-corrected chi connectivity index (χ4v) is 2.76. The summed E-state index contributed by atoms with van der Waals surface area (Å²) in [4.78, 5) is 24.7. The predicted octanol–water partition coefficient (Wildman–Crippen LogP) is 2.92. The number of nitrogens with zero attached hydrogens (tertiary/aromatic N) is 2. The first kappa shape index (κ1) is 20.2. The molecule has 0 spiro atoms. The molecule has 8 nitrogen and oxygen atoms in total. The van der Waals surface area contributed by atoms with Gasteiger partial charge in [-0.3, -0.25) is 5.22 Å². The highest BCUT2D eigenvalue weighted by molar-refractivity contribution is 5.82. The zero-order valence-corrected chi connectivity index (χ0v) is 15.4. The predicted molar refractivity (Wildman–Crippen MR) is 89.1 cm³/mol. The van der Waals surface area contributed by atoms with Gasteiger partial charge in [-0.2, -0.15) is 0 Å². The number of alkyl carbamates (subject to hydrolysis) is 1. The molecule has 0 unspecified atom stereocenters. The molecule has 1 aliphatic rings. The molecule has 0 radical (unpaired) electrons. The van der Waals surface area contributed by atoms with Gasteiger partial charge in [0, 0.05) is 0 Å². The van der Waals surface area contributed by atoms with Crippen molar-refractivity contribution in [2.24, 2.45) is 11.1 Å². The second kappa shape index (κ2) is 7.81. The van der Waals surface area contributed by atoms with Gasteiger partial charge in [-0.05, 0) is 66.3 Å². The molecule has 0 bridgehead atoms. The van der Waals surface area contributed by atoms with E-state index in [4.69, 9.17) is 15.0 Å². The number of carbonyl (C=O) groups is 2. The highest BCUT2D eigenvalue weighted by atomic mass is 16.6. The topological polar surface area (TPSA) is 111 Å². The van der Waals surface area contributed by atoms with Gasteiger partial charge >= 0.3 is 12.1 Å². The van der Waals surface area contributed by atoms with Gasteiger partial charge in [0.1, 0.15) is 17.2 Å². The molecule has 1 saturated carbocycles. The summed E-state index contributed by atoms with van der Waals surface area (Å²) >= 11 is 0. The molecule has 0 heterocycles. The van der Waals surface area contributed by atoms with E-state index in [2.05, 4.69) is 16.0 Å². The molecular weight excluding hydrogens is 312 g/mol. The summed E-state index contributed by atoms with van der Waals surface area (Å²) in [5.41, 5.74) is 10.0. The van der Waals surface area contributed by atoms with Crippen LogP contribution in [0.25, 0.3) is 5.53 Å². The number of hydrogen-bond donors (Lipinski definition) is 2. The first-order valence-electron chi connectivity index (χ1n) is 8.25. The average Bonchev–Trinajstić information content (AvgIpc) is 2.80. The van der Waals surface area contributed by atoms with Gasteiger partial charge in [-0.1, -0.05) is 6.42 Å². The van der Waals surface area contributed by atoms with Crippen molar-refractivity contribution in [3.8, 4) is 0 Å². The van der Waals surface area contributed by atoms with Crippen LogP contribution < -0.4 is 10.7 Å². The second-order valence-corrected chi connectivity index (χ2v) is 8.09. The molecule has 2 N–H and O–H groups in total. The number of carbonyl (C=O) groups excluding carboxylic acids is 2. The molecule has 0 aromatic carbocycles. The zero-order chi connectivity index (χ0) is 18.5. The zero-order valence-electron chi connectivity index (χ0n) is 15.4. The van der Waals surface area contributed by atoms with Crippen LogP contribution in [0.1, 0.15) is 60.8 Å². The van der Waals surface area contributed by atoms with E-state index in [1.54, 1.807) is 41.5 Å². The quantitative estimate of drug-likeness (QED) is 0.454. The molecule has 1 amide bonds. The minimum atomic E-state index is -0.874. The van der Waals surface area contributed by atoms with Crippen molar-refractivity contribution >= 4 is 12.1 Å². The molecule has 8 heteroatoms. The van der Waals surface area contributed by atoms with E-state index in [0.717, 1.165) is 12.8 Å². The number of amides is 1. The van der Waals surface area contributed by atoms with Crippen LogP contribution >= 0.6 is 0 Å². The van der Waals surface area contributed by atoms with Crippen molar-refractivity contribution in [2.45, 2.75) is 84.1 Å². The third-order valence-electron chi connectivity index (χ3n) is 3.55. The SMILES string of the molecule is CC(C)(C)OC(=O)N[C@H](C(=O)OC(C)(C)C)[C@H]1CCC[C@H]1NN=[N-]. The first-order chi connectivity index (χ1) is 10.9. The number of rotatable bonds is 5. The normalized spacial score (nSPS) is 22.4.